The molecular weight excluding hydrogens is 356 g/mol. The normalized spacial score (nSPS) is 9.86. The first-order valence-corrected chi connectivity index (χ1v) is 6.73. The second-order valence-electron chi connectivity index (χ2n) is 4.07. The summed E-state index contributed by atoms with van der Waals surface area (Å²) in [5, 5.41) is 10.7. The second-order valence-corrected chi connectivity index (χ2v) is 4.92. The number of carbonyl (C=O) groups excluding carboxylic acids is 2. The van der Waals surface area contributed by atoms with Crippen molar-refractivity contribution in [2.75, 3.05) is 0 Å². The molecule has 112 valence electrons. The van der Waals surface area contributed by atoms with Gasteiger partial charge in [0, 0.05) is 34.6 Å². The molecule has 0 spiro atoms. The average Bonchev–Trinajstić information content (AvgIpc) is 2.53. The lowest BCUT2D eigenvalue weighted by Crippen LogP contribution is -2.41. The maximum absolute atomic E-state index is 12.0. The van der Waals surface area contributed by atoms with Crippen molar-refractivity contribution >= 4 is 33.4 Å². The van der Waals surface area contributed by atoms with Gasteiger partial charge in [-0.15, -0.1) is 0 Å². The van der Waals surface area contributed by atoms with Crippen molar-refractivity contribution in [2.45, 2.75) is 0 Å². The molecule has 0 atom stereocenters. The van der Waals surface area contributed by atoms with Crippen molar-refractivity contribution in [1.29, 1.82) is 0 Å². The summed E-state index contributed by atoms with van der Waals surface area (Å²) in [7, 11) is 0. The standard InChI is InChI=1S/C13H9BrN4O4/c14-11-2-1-9(18(21)22)7-10(11)13(20)17-16-12(19)8-3-5-15-6-4-8/h1-7H,(H,16,19)(H,17,20). The molecule has 0 unspecified atom stereocenters. The van der Waals surface area contributed by atoms with Crippen LogP contribution in [0.1, 0.15) is 20.7 Å². The van der Waals surface area contributed by atoms with Crippen LogP contribution in [-0.4, -0.2) is 21.7 Å². The largest absolute Gasteiger partial charge is 0.271 e. The number of amides is 2. The SMILES string of the molecule is O=C(NNC(=O)c1cc([N+](=O)[O-])ccc1Br)c1ccncc1. The van der Waals surface area contributed by atoms with Crippen LogP contribution in [0.4, 0.5) is 5.69 Å². The molecule has 2 N–H and O–H groups in total. The number of pyridine rings is 1. The fourth-order valence-electron chi connectivity index (χ4n) is 1.56. The molecule has 0 aliphatic heterocycles. The van der Waals surface area contributed by atoms with Crippen LogP contribution in [0.2, 0.25) is 0 Å². The van der Waals surface area contributed by atoms with Crippen molar-refractivity contribution in [3.8, 4) is 0 Å². The third-order valence-corrected chi connectivity index (χ3v) is 3.33. The van der Waals surface area contributed by atoms with Crippen LogP contribution in [-0.2, 0) is 0 Å². The smallest absolute Gasteiger partial charge is 0.267 e. The molecule has 0 aliphatic carbocycles. The molecule has 1 aromatic carbocycles. The van der Waals surface area contributed by atoms with Crippen LogP contribution in [0.25, 0.3) is 0 Å². The minimum atomic E-state index is -0.682. The van der Waals surface area contributed by atoms with Gasteiger partial charge in [-0.25, -0.2) is 0 Å². The van der Waals surface area contributed by atoms with Gasteiger partial charge in [-0.3, -0.25) is 35.5 Å². The number of halogens is 1. The van der Waals surface area contributed by atoms with Gasteiger partial charge in [0.1, 0.15) is 0 Å². The Labute approximate surface area is 132 Å². The predicted molar refractivity (Wildman–Crippen MR) is 80.0 cm³/mol. The number of hydrogen-bond acceptors (Lipinski definition) is 5. The Morgan fingerprint density at radius 3 is 2.36 bits per heavy atom. The monoisotopic (exact) mass is 364 g/mol. The minimum Gasteiger partial charge on any atom is -0.267 e. The number of nitro benzene ring substituents is 1. The van der Waals surface area contributed by atoms with E-state index in [0.717, 1.165) is 6.07 Å². The highest BCUT2D eigenvalue weighted by Crippen LogP contribution is 2.22. The van der Waals surface area contributed by atoms with Gasteiger partial charge < -0.3 is 0 Å². The minimum absolute atomic E-state index is 0.0317. The molecule has 8 nitrogen and oxygen atoms in total. The fourth-order valence-corrected chi connectivity index (χ4v) is 1.98. The highest BCUT2D eigenvalue weighted by molar-refractivity contribution is 9.10. The molecule has 2 rings (SSSR count). The van der Waals surface area contributed by atoms with E-state index in [9.17, 15) is 19.7 Å². The maximum Gasteiger partial charge on any atom is 0.271 e. The van der Waals surface area contributed by atoms with Gasteiger partial charge in [0.15, 0.2) is 0 Å². The van der Waals surface area contributed by atoms with Gasteiger partial charge >= 0.3 is 0 Å². The van der Waals surface area contributed by atoms with Crippen LogP contribution in [0, 0.1) is 10.1 Å². The van der Waals surface area contributed by atoms with E-state index in [1.807, 2.05) is 0 Å². The van der Waals surface area contributed by atoms with Crippen LogP contribution >= 0.6 is 15.9 Å². The molecule has 1 heterocycles. The summed E-state index contributed by atoms with van der Waals surface area (Å²) in [4.78, 5) is 37.6. The molecule has 0 radical (unpaired) electrons. The first kappa shape index (κ1) is 15.6. The highest BCUT2D eigenvalue weighted by Gasteiger charge is 2.16. The molecule has 2 amide bonds. The lowest BCUT2D eigenvalue weighted by Gasteiger charge is -2.08. The lowest BCUT2D eigenvalue weighted by molar-refractivity contribution is -0.384. The van der Waals surface area contributed by atoms with E-state index in [0.29, 0.717) is 10.0 Å². The number of nitro groups is 1. The number of hydrogen-bond donors (Lipinski definition) is 2. The van der Waals surface area contributed by atoms with Crippen molar-refractivity contribution in [3.63, 3.8) is 0 Å². The number of nitrogens with one attached hydrogen (secondary N) is 2. The average molecular weight is 365 g/mol. The molecule has 22 heavy (non-hydrogen) atoms. The Bertz CT molecular complexity index is 736. The van der Waals surface area contributed by atoms with Crippen LogP contribution < -0.4 is 10.9 Å². The number of hydrazine groups is 1. The predicted octanol–water partition coefficient (Wildman–Crippen LogP) is 1.83. The molecule has 1 aromatic heterocycles. The lowest BCUT2D eigenvalue weighted by atomic mass is 10.2. The Morgan fingerprint density at radius 2 is 1.73 bits per heavy atom. The molecule has 9 heteroatoms. The first-order chi connectivity index (χ1) is 10.5. The third kappa shape index (κ3) is 3.64. The van der Waals surface area contributed by atoms with Gasteiger partial charge in [0.05, 0.1) is 10.5 Å². The van der Waals surface area contributed by atoms with Gasteiger partial charge in [0.25, 0.3) is 17.5 Å². The summed E-state index contributed by atoms with van der Waals surface area (Å²) in [5.41, 5.74) is 4.53. The summed E-state index contributed by atoms with van der Waals surface area (Å²) >= 11 is 3.13. The Balaban J connectivity index is 2.08. The Hall–Kier alpha value is -2.81. The van der Waals surface area contributed by atoms with E-state index >= 15 is 0 Å². The van der Waals surface area contributed by atoms with Crippen LogP contribution in [0.15, 0.2) is 47.2 Å². The van der Waals surface area contributed by atoms with Crippen LogP contribution in [0.5, 0.6) is 0 Å². The van der Waals surface area contributed by atoms with Crippen LogP contribution in [0.3, 0.4) is 0 Å². The van der Waals surface area contributed by atoms with Gasteiger partial charge in [-0.05, 0) is 34.1 Å². The number of carbonyl (C=O) groups is 2. The Kier molecular flexibility index (Phi) is 4.79. The van der Waals surface area contributed by atoms with E-state index in [1.54, 1.807) is 0 Å². The molecule has 2 aromatic rings. The van der Waals surface area contributed by atoms with Gasteiger partial charge in [-0.1, -0.05) is 0 Å². The van der Waals surface area contributed by atoms with Crippen molar-refractivity contribution in [3.05, 3.63) is 68.4 Å². The molecule has 0 fully saturated rings. The summed E-state index contributed by atoms with van der Waals surface area (Å²) in [6.45, 7) is 0. The van der Waals surface area contributed by atoms with Crippen molar-refractivity contribution < 1.29 is 14.5 Å². The number of non-ortho nitro benzene ring substituents is 1. The van der Waals surface area contributed by atoms with E-state index in [-0.39, 0.29) is 11.3 Å². The maximum atomic E-state index is 12.0. The molecule has 0 bridgehead atoms. The van der Waals surface area contributed by atoms with Gasteiger partial charge in [-0.2, -0.15) is 0 Å². The number of rotatable bonds is 3. The summed E-state index contributed by atoms with van der Waals surface area (Å²) in [6, 6.07) is 6.71. The molecule has 0 saturated heterocycles. The van der Waals surface area contributed by atoms with Gasteiger partial charge in [0.2, 0.25) is 0 Å². The highest BCUT2D eigenvalue weighted by atomic mass is 79.9. The molecular formula is C13H9BrN4O4. The fraction of sp³-hybridized carbons (Fsp3) is 0. The first-order valence-electron chi connectivity index (χ1n) is 5.93. The quantitative estimate of drug-likeness (QED) is 0.636. The van der Waals surface area contributed by atoms with E-state index in [1.165, 1.54) is 36.7 Å². The number of aromatic nitrogens is 1. The zero-order valence-corrected chi connectivity index (χ0v) is 12.5. The molecule has 0 saturated carbocycles. The van der Waals surface area contributed by atoms with E-state index in [4.69, 9.17) is 0 Å². The van der Waals surface area contributed by atoms with Crippen molar-refractivity contribution in [1.82, 2.24) is 15.8 Å². The summed E-state index contributed by atoms with van der Waals surface area (Å²) in [5.74, 6) is -1.21. The molecule has 0 aliphatic rings. The zero-order chi connectivity index (χ0) is 16.1. The van der Waals surface area contributed by atoms with E-state index < -0.39 is 16.7 Å². The zero-order valence-electron chi connectivity index (χ0n) is 10.9. The summed E-state index contributed by atoms with van der Waals surface area (Å²) < 4.78 is 0.369. The third-order valence-electron chi connectivity index (χ3n) is 2.64. The van der Waals surface area contributed by atoms with Crippen molar-refractivity contribution in [2.24, 2.45) is 0 Å². The second kappa shape index (κ2) is 6.76. The number of nitrogens with zero attached hydrogens (tertiary/aromatic N) is 2. The van der Waals surface area contributed by atoms with E-state index in [2.05, 4.69) is 31.8 Å². The summed E-state index contributed by atoms with van der Waals surface area (Å²) in [6.07, 6.45) is 2.88. The Morgan fingerprint density at radius 1 is 1.09 bits per heavy atom. The number of benzene rings is 1. The topological polar surface area (TPSA) is 114 Å².